The fraction of sp³-hybridized carbons (Fsp3) is 0.267. The van der Waals surface area contributed by atoms with Crippen molar-refractivity contribution >= 4 is 38.3 Å². The third kappa shape index (κ3) is 2.87. The summed E-state index contributed by atoms with van der Waals surface area (Å²) in [6.07, 6.45) is 0.380. The zero-order chi connectivity index (χ0) is 17.8. The van der Waals surface area contributed by atoms with Crippen LogP contribution in [0.4, 0.5) is 14.6 Å². The van der Waals surface area contributed by atoms with Crippen molar-refractivity contribution < 1.29 is 21.7 Å². The van der Waals surface area contributed by atoms with Crippen LogP contribution in [0.3, 0.4) is 0 Å². The van der Waals surface area contributed by atoms with E-state index in [4.69, 9.17) is 16.1 Å². The summed E-state index contributed by atoms with van der Waals surface area (Å²) in [4.78, 5) is 2.79. The number of aryl methyl sites for hydroxylation is 1. The van der Waals surface area contributed by atoms with Crippen LogP contribution in [0.15, 0.2) is 33.8 Å². The van der Waals surface area contributed by atoms with Crippen LogP contribution < -0.4 is 4.72 Å². The van der Waals surface area contributed by atoms with E-state index in [2.05, 4.69) is 14.9 Å². The molecule has 0 spiro atoms. The average molecular weight is 388 g/mol. The van der Waals surface area contributed by atoms with Gasteiger partial charge in [0.25, 0.3) is 15.9 Å². The van der Waals surface area contributed by atoms with Gasteiger partial charge >= 0.3 is 0 Å². The number of halogens is 3. The van der Waals surface area contributed by atoms with Crippen LogP contribution in [-0.2, 0) is 22.9 Å². The van der Waals surface area contributed by atoms with Gasteiger partial charge in [0, 0.05) is 46.9 Å². The van der Waals surface area contributed by atoms with Crippen molar-refractivity contribution in [3.05, 3.63) is 40.7 Å². The molecule has 1 aliphatic rings. The molecule has 25 heavy (non-hydrogen) atoms. The second kappa shape index (κ2) is 5.43. The predicted octanol–water partition coefficient (Wildman–Crippen LogP) is 3.73. The van der Waals surface area contributed by atoms with Crippen molar-refractivity contribution in [1.82, 2.24) is 10.1 Å². The van der Waals surface area contributed by atoms with E-state index in [-0.39, 0.29) is 34.9 Å². The topological polar surface area (TPSA) is 88.0 Å². The van der Waals surface area contributed by atoms with Gasteiger partial charge in [-0.3, -0.25) is 4.72 Å². The van der Waals surface area contributed by atoms with Gasteiger partial charge in [-0.25, -0.2) is 17.2 Å². The maximum absolute atomic E-state index is 13.6. The van der Waals surface area contributed by atoms with Gasteiger partial charge in [0.1, 0.15) is 10.7 Å². The number of H-pyrrole nitrogens is 1. The van der Waals surface area contributed by atoms with Gasteiger partial charge in [-0.1, -0.05) is 16.8 Å². The average Bonchev–Trinajstić information content (AvgIpc) is 3.10. The number of fused-ring (bicyclic) bond motifs is 2. The van der Waals surface area contributed by atoms with Gasteiger partial charge in [-0.2, -0.15) is 0 Å². The second-order valence-electron chi connectivity index (χ2n) is 5.91. The van der Waals surface area contributed by atoms with E-state index < -0.39 is 22.4 Å². The zero-order valence-corrected chi connectivity index (χ0v) is 14.2. The van der Waals surface area contributed by atoms with E-state index in [1.807, 2.05) is 0 Å². The van der Waals surface area contributed by atoms with Crippen molar-refractivity contribution in [3.8, 4) is 0 Å². The Bertz CT molecular complexity index is 1080. The van der Waals surface area contributed by atoms with Gasteiger partial charge in [0.2, 0.25) is 0 Å². The van der Waals surface area contributed by atoms with Crippen molar-refractivity contribution in [2.75, 3.05) is 4.72 Å². The summed E-state index contributed by atoms with van der Waals surface area (Å²) in [5, 5.41) is 4.51. The molecule has 0 amide bonds. The normalized spacial score (nSPS) is 16.8. The Morgan fingerprint density at radius 2 is 2.16 bits per heavy atom. The summed E-state index contributed by atoms with van der Waals surface area (Å²) in [7, 11) is -4.04. The molecule has 0 saturated carbocycles. The van der Waals surface area contributed by atoms with Crippen molar-refractivity contribution in [1.29, 1.82) is 0 Å². The Balaban J connectivity index is 1.72. The van der Waals surface area contributed by atoms with E-state index in [0.29, 0.717) is 15.9 Å². The molecule has 0 fully saturated rings. The molecular weight excluding hydrogens is 376 g/mol. The van der Waals surface area contributed by atoms with Crippen LogP contribution in [0.1, 0.15) is 17.7 Å². The molecule has 2 N–H and O–H groups in total. The van der Waals surface area contributed by atoms with E-state index in [0.717, 1.165) is 0 Å². The monoisotopic (exact) mass is 387 g/mol. The van der Waals surface area contributed by atoms with E-state index >= 15 is 0 Å². The standard InChI is InChI=1S/C15H12ClF2N3O3S/c16-8-1-2-9-11(5-8)19-7-13(9)25(22,23)21-14-10-6-15(17,18)4-3-12(10)24-20-14/h1-2,5,7,19H,3-4,6H2,(H,20,21). The minimum absolute atomic E-state index is 0.0165. The summed E-state index contributed by atoms with van der Waals surface area (Å²) < 4.78 is 59.9. The quantitative estimate of drug-likeness (QED) is 0.716. The third-order valence-corrected chi connectivity index (χ3v) is 5.76. The van der Waals surface area contributed by atoms with E-state index in [9.17, 15) is 17.2 Å². The van der Waals surface area contributed by atoms with Gasteiger partial charge in [0.05, 0.1) is 0 Å². The van der Waals surface area contributed by atoms with Gasteiger partial charge in [-0.05, 0) is 18.2 Å². The number of hydrogen-bond acceptors (Lipinski definition) is 4. The number of nitrogens with zero attached hydrogens (tertiary/aromatic N) is 1. The van der Waals surface area contributed by atoms with Crippen LogP contribution in [-0.4, -0.2) is 24.5 Å². The summed E-state index contributed by atoms with van der Waals surface area (Å²) in [6, 6.07) is 4.72. The minimum Gasteiger partial charge on any atom is -0.360 e. The Kier molecular flexibility index (Phi) is 3.55. The van der Waals surface area contributed by atoms with E-state index in [1.165, 1.54) is 6.20 Å². The number of rotatable bonds is 3. The minimum atomic E-state index is -4.04. The molecule has 10 heteroatoms. The van der Waals surface area contributed by atoms with E-state index in [1.54, 1.807) is 18.2 Å². The van der Waals surface area contributed by atoms with Crippen LogP contribution in [0.5, 0.6) is 0 Å². The lowest BCUT2D eigenvalue weighted by atomic mass is 9.95. The molecule has 132 valence electrons. The molecule has 1 aromatic carbocycles. The molecule has 6 nitrogen and oxygen atoms in total. The maximum atomic E-state index is 13.6. The molecule has 0 saturated heterocycles. The highest BCUT2D eigenvalue weighted by Crippen LogP contribution is 2.37. The summed E-state index contributed by atoms with van der Waals surface area (Å²) in [6.45, 7) is 0. The Hall–Kier alpha value is -2.13. The fourth-order valence-electron chi connectivity index (χ4n) is 2.92. The predicted molar refractivity (Wildman–Crippen MR) is 87.6 cm³/mol. The Morgan fingerprint density at radius 1 is 1.36 bits per heavy atom. The van der Waals surface area contributed by atoms with Crippen molar-refractivity contribution in [2.45, 2.75) is 30.1 Å². The molecule has 2 aromatic heterocycles. The lowest BCUT2D eigenvalue weighted by Gasteiger charge is -2.20. The van der Waals surface area contributed by atoms with Crippen LogP contribution in [0.2, 0.25) is 5.02 Å². The number of sulfonamides is 1. The maximum Gasteiger partial charge on any atom is 0.265 e. The molecule has 2 heterocycles. The first kappa shape index (κ1) is 16.3. The third-order valence-electron chi connectivity index (χ3n) is 4.15. The van der Waals surface area contributed by atoms with Crippen molar-refractivity contribution in [2.24, 2.45) is 0 Å². The lowest BCUT2D eigenvalue weighted by molar-refractivity contribution is -0.0145. The Morgan fingerprint density at radius 3 is 2.96 bits per heavy atom. The first-order valence-electron chi connectivity index (χ1n) is 7.40. The number of hydrogen-bond donors (Lipinski definition) is 2. The van der Waals surface area contributed by atoms with Gasteiger partial charge in [-0.15, -0.1) is 0 Å². The highest BCUT2D eigenvalue weighted by atomic mass is 35.5. The van der Waals surface area contributed by atoms with Gasteiger partial charge in [0.15, 0.2) is 5.82 Å². The fourth-order valence-corrected chi connectivity index (χ4v) is 4.30. The molecule has 1 aliphatic carbocycles. The molecule has 3 aromatic rings. The van der Waals surface area contributed by atoms with Crippen LogP contribution in [0.25, 0.3) is 10.9 Å². The molecule has 4 rings (SSSR count). The van der Waals surface area contributed by atoms with Crippen molar-refractivity contribution in [3.63, 3.8) is 0 Å². The number of aromatic amines is 1. The Labute approximate surface area is 146 Å². The summed E-state index contributed by atoms with van der Waals surface area (Å²) in [5.74, 6) is -2.82. The molecule has 0 atom stereocenters. The second-order valence-corrected chi connectivity index (χ2v) is 8.00. The molecule has 0 unspecified atom stereocenters. The van der Waals surface area contributed by atoms with Crippen LogP contribution in [0, 0.1) is 0 Å². The highest BCUT2D eigenvalue weighted by molar-refractivity contribution is 7.93. The zero-order valence-electron chi connectivity index (χ0n) is 12.6. The number of anilines is 1. The molecular formula is C15H12ClF2N3O3S. The first-order chi connectivity index (χ1) is 11.8. The number of alkyl halides is 2. The lowest BCUT2D eigenvalue weighted by Crippen LogP contribution is -2.26. The first-order valence-corrected chi connectivity index (χ1v) is 9.26. The number of benzene rings is 1. The number of aromatic nitrogens is 2. The SMILES string of the molecule is O=S(=O)(Nc1noc2c1CC(F)(F)CC2)c1c[nH]c2cc(Cl)ccc12. The highest BCUT2D eigenvalue weighted by Gasteiger charge is 2.39. The van der Waals surface area contributed by atoms with Crippen LogP contribution >= 0.6 is 11.6 Å². The summed E-state index contributed by atoms with van der Waals surface area (Å²) in [5.41, 5.74) is 0.643. The summed E-state index contributed by atoms with van der Waals surface area (Å²) >= 11 is 5.88. The molecule has 0 radical (unpaired) electrons. The largest absolute Gasteiger partial charge is 0.360 e. The number of nitrogens with one attached hydrogen (secondary N) is 2. The molecule has 0 aliphatic heterocycles. The molecule has 0 bridgehead atoms. The smallest absolute Gasteiger partial charge is 0.265 e. The van der Waals surface area contributed by atoms with Gasteiger partial charge < -0.3 is 9.51 Å².